The summed E-state index contributed by atoms with van der Waals surface area (Å²) < 4.78 is 11.3. The molecule has 0 aliphatic carbocycles. The van der Waals surface area contributed by atoms with Crippen LogP contribution in [0.2, 0.25) is 0 Å². The van der Waals surface area contributed by atoms with E-state index in [9.17, 15) is 4.79 Å². The van der Waals surface area contributed by atoms with Crippen molar-refractivity contribution in [2.75, 3.05) is 5.73 Å². The first-order valence-electron chi connectivity index (χ1n) is 6.26. The third kappa shape index (κ3) is 3.35. The number of nitrogens with zero attached hydrogens (tertiary/aromatic N) is 1. The molecule has 2 unspecified atom stereocenters. The SMILES string of the molecule is CC1CC(Oc2ncc(N)cc2C(=O)O)CC(C)O1. The number of carboxylic acid groups (broad SMARTS) is 1. The summed E-state index contributed by atoms with van der Waals surface area (Å²) in [5, 5.41) is 9.12. The van der Waals surface area contributed by atoms with Crippen LogP contribution in [0.3, 0.4) is 0 Å². The monoisotopic (exact) mass is 266 g/mol. The van der Waals surface area contributed by atoms with Crippen molar-refractivity contribution in [1.82, 2.24) is 4.98 Å². The zero-order chi connectivity index (χ0) is 14.0. The van der Waals surface area contributed by atoms with Gasteiger partial charge in [-0.25, -0.2) is 9.78 Å². The van der Waals surface area contributed by atoms with Gasteiger partial charge in [0.2, 0.25) is 5.88 Å². The predicted molar refractivity (Wildman–Crippen MR) is 69.3 cm³/mol. The number of nitrogen functional groups attached to an aromatic ring is 1. The van der Waals surface area contributed by atoms with Gasteiger partial charge < -0.3 is 20.3 Å². The molecule has 1 aromatic rings. The highest BCUT2D eigenvalue weighted by atomic mass is 16.5. The molecule has 0 saturated carbocycles. The molecule has 0 bridgehead atoms. The summed E-state index contributed by atoms with van der Waals surface area (Å²) >= 11 is 0. The van der Waals surface area contributed by atoms with Gasteiger partial charge in [0, 0.05) is 12.8 Å². The van der Waals surface area contributed by atoms with E-state index in [2.05, 4.69) is 4.98 Å². The average molecular weight is 266 g/mol. The van der Waals surface area contributed by atoms with Gasteiger partial charge in [0.15, 0.2) is 0 Å². The zero-order valence-electron chi connectivity index (χ0n) is 11.0. The normalized spacial score (nSPS) is 26.9. The van der Waals surface area contributed by atoms with E-state index in [0.717, 1.165) is 12.8 Å². The first kappa shape index (κ1) is 13.6. The summed E-state index contributed by atoms with van der Waals surface area (Å²) in [6.45, 7) is 3.95. The number of hydrogen-bond acceptors (Lipinski definition) is 5. The van der Waals surface area contributed by atoms with Crippen molar-refractivity contribution in [2.24, 2.45) is 0 Å². The van der Waals surface area contributed by atoms with Crippen LogP contribution in [-0.2, 0) is 4.74 Å². The predicted octanol–water partition coefficient (Wildman–Crippen LogP) is 1.70. The Balaban J connectivity index is 2.16. The van der Waals surface area contributed by atoms with Crippen LogP contribution in [0.4, 0.5) is 5.69 Å². The molecule has 1 fully saturated rings. The zero-order valence-corrected chi connectivity index (χ0v) is 11.0. The van der Waals surface area contributed by atoms with Crippen LogP contribution in [-0.4, -0.2) is 34.4 Å². The standard InChI is InChI=1S/C13H18N2O4/c1-7-3-10(4-8(2)18-7)19-12-11(13(16)17)5-9(14)6-15-12/h5-8,10H,3-4,14H2,1-2H3,(H,16,17). The number of aromatic nitrogens is 1. The molecule has 0 spiro atoms. The Bertz CT molecular complexity index is 468. The highest BCUT2D eigenvalue weighted by molar-refractivity contribution is 5.91. The molecule has 1 saturated heterocycles. The Kier molecular flexibility index (Phi) is 3.90. The number of carboxylic acids is 1. The summed E-state index contributed by atoms with van der Waals surface area (Å²) in [7, 11) is 0. The lowest BCUT2D eigenvalue weighted by molar-refractivity contribution is -0.0730. The number of carbonyl (C=O) groups is 1. The van der Waals surface area contributed by atoms with Gasteiger partial charge in [-0.15, -0.1) is 0 Å². The molecule has 1 aliphatic heterocycles. The van der Waals surface area contributed by atoms with Gasteiger partial charge in [0.25, 0.3) is 0 Å². The van der Waals surface area contributed by atoms with Crippen molar-refractivity contribution < 1.29 is 19.4 Å². The van der Waals surface area contributed by atoms with Crippen LogP contribution in [0.25, 0.3) is 0 Å². The fourth-order valence-electron chi connectivity index (χ4n) is 2.31. The van der Waals surface area contributed by atoms with E-state index >= 15 is 0 Å². The van der Waals surface area contributed by atoms with Gasteiger partial charge in [0.05, 0.1) is 24.1 Å². The Morgan fingerprint density at radius 2 is 2.11 bits per heavy atom. The van der Waals surface area contributed by atoms with Gasteiger partial charge >= 0.3 is 5.97 Å². The van der Waals surface area contributed by atoms with E-state index in [0.29, 0.717) is 5.69 Å². The molecule has 3 N–H and O–H groups in total. The van der Waals surface area contributed by atoms with E-state index in [1.54, 1.807) is 0 Å². The van der Waals surface area contributed by atoms with Crippen molar-refractivity contribution in [3.05, 3.63) is 17.8 Å². The molecule has 0 aromatic carbocycles. The van der Waals surface area contributed by atoms with E-state index in [-0.39, 0.29) is 29.8 Å². The maximum absolute atomic E-state index is 11.1. The molecule has 6 heteroatoms. The Hall–Kier alpha value is -1.82. The lowest BCUT2D eigenvalue weighted by atomic mass is 10.0. The summed E-state index contributed by atoms with van der Waals surface area (Å²) in [4.78, 5) is 15.1. The maximum atomic E-state index is 11.1. The molecule has 6 nitrogen and oxygen atoms in total. The Labute approximate surface area is 111 Å². The average Bonchev–Trinajstić information content (AvgIpc) is 2.30. The maximum Gasteiger partial charge on any atom is 0.341 e. The number of aromatic carboxylic acids is 1. The van der Waals surface area contributed by atoms with Crippen LogP contribution >= 0.6 is 0 Å². The molecule has 19 heavy (non-hydrogen) atoms. The fraction of sp³-hybridized carbons (Fsp3) is 0.538. The minimum absolute atomic E-state index is 0.00759. The molecule has 1 aromatic heterocycles. The second-order valence-corrected chi connectivity index (χ2v) is 4.90. The van der Waals surface area contributed by atoms with E-state index < -0.39 is 5.97 Å². The number of anilines is 1. The lowest BCUT2D eigenvalue weighted by Gasteiger charge is -2.32. The Morgan fingerprint density at radius 1 is 1.47 bits per heavy atom. The van der Waals surface area contributed by atoms with Crippen LogP contribution < -0.4 is 10.5 Å². The van der Waals surface area contributed by atoms with Gasteiger partial charge in [0.1, 0.15) is 11.7 Å². The summed E-state index contributed by atoms with van der Waals surface area (Å²) in [5.74, 6) is -0.976. The van der Waals surface area contributed by atoms with Crippen LogP contribution in [0.5, 0.6) is 5.88 Å². The number of nitrogens with two attached hydrogens (primary N) is 1. The van der Waals surface area contributed by atoms with Crippen molar-refractivity contribution in [1.29, 1.82) is 0 Å². The Morgan fingerprint density at radius 3 is 2.68 bits per heavy atom. The van der Waals surface area contributed by atoms with Gasteiger partial charge in [-0.05, 0) is 19.9 Å². The highest BCUT2D eigenvalue weighted by Gasteiger charge is 2.27. The van der Waals surface area contributed by atoms with Crippen molar-refractivity contribution in [3.63, 3.8) is 0 Å². The summed E-state index contributed by atoms with van der Waals surface area (Å²) in [6, 6.07) is 1.36. The number of ether oxygens (including phenoxy) is 2. The van der Waals surface area contributed by atoms with E-state index in [1.807, 2.05) is 13.8 Å². The minimum Gasteiger partial charge on any atom is -0.477 e. The van der Waals surface area contributed by atoms with Crippen LogP contribution in [0.15, 0.2) is 12.3 Å². The number of pyridine rings is 1. The van der Waals surface area contributed by atoms with Gasteiger partial charge in [-0.2, -0.15) is 0 Å². The third-order valence-electron chi connectivity index (χ3n) is 3.04. The molecule has 2 atom stereocenters. The van der Waals surface area contributed by atoms with Crippen molar-refractivity contribution in [2.45, 2.75) is 45.0 Å². The third-order valence-corrected chi connectivity index (χ3v) is 3.04. The van der Waals surface area contributed by atoms with Crippen LogP contribution in [0, 0.1) is 0 Å². The molecule has 0 amide bonds. The van der Waals surface area contributed by atoms with E-state index in [1.165, 1.54) is 12.3 Å². The largest absolute Gasteiger partial charge is 0.477 e. The van der Waals surface area contributed by atoms with E-state index in [4.69, 9.17) is 20.3 Å². The molecular formula is C13H18N2O4. The highest BCUT2D eigenvalue weighted by Crippen LogP contribution is 2.26. The smallest absolute Gasteiger partial charge is 0.341 e. The topological polar surface area (TPSA) is 94.7 Å². The summed E-state index contributed by atoms with van der Waals surface area (Å²) in [6.07, 6.45) is 2.93. The second-order valence-electron chi connectivity index (χ2n) is 4.90. The number of rotatable bonds is 3. The quantitative estimate of drug-likeness (QED) is 0.864. The van der Waals surface area contributed by atoms with Crippen molar-refractivity contribution >= 4 is 11.7 Å². The first-order chi connectivity index (χ1) is 8.95. The number of hydrogen-bond donors (Lipinski definition) is 2. The first-order valence-corrected chi connectivity index (χ1v) is 6.26. The minimum atomic E-state index is -1.09. The van der Waals surface area contributed by atoms with Crippen LogP contribution in [0.1, 0.15) is 37.0 Å². The van der Waals surface area contributed by atoms with Crippen molar-refractivity contribution in [3.8, 4) is 5.88 Å². The molecule has 1 aliphatic rings. The molecule has 2 heterocycles. The molecular weight excluding hydrogens is 248 g/mol. The summed E-state index contributed by atoms with van der Waals surface area (Å²) in [5.41, 5.74) is 5.84. The fourth-order valence-corrected chi connectivity index (χ4v) is 2.31. The van der Waals surface area contributed by atoms with Gasteiger partial charge in [-0.1, -0.05) is 0 Å². The molecule has 0 radical (unpaired) electrons. The molecule has 104 valence electrons. The lowest BCUT2D eigenvalue weighted by Crippen LogP contribution is -2.36. The van der Waals surface area contributed by atoms with Gasteiger partial charge in [-0.3, -0.25) is 0 Å². The second kappa shape index (κ2) is 5.44. The molecule has 2 rings (SSSR count).